The van der Waals surface area contributed by atoms with Gasteiger partial charge in [-0.3, -0.25) is 0 Å². The first-order valence-corrected chi connectivity index (χ1v) is 29.6. The lowest BCUT2D eigenvalue weighted by Crippen LogP contribution is -1.93. The lowest BCUT2D eigenvalue weighted by Gasteiger charge is -2.20. The number of benzene rings is 16. The molecule has 0 bridgehead atoms. The number of para-hydroxylation sites is 1. The summed E-state index contributed by atoms with van der Waals surface area (Å²) in [4.78, 5) is 0. The van der Waals surface area contributed by atoms with Crippen LogP contribution in [0.2, 0.25) is 0 Å². The van der Waals surface area contributed by atoms with E-state index in [2.05, 4.69) is 297 Å². The molecule has 0 fully saturated rings. The first-order chi connectivity index (χ1) is 42.6. The SMILES string of the molecule is c1cc(-c2ccc3ccccc3c2)cc(-c2c3ccccc3c(-c3ccc4c(c3)oc3ccc(-c5ccc(-c6c7ccccc7c(-c7ccc8c(c7)oc7ccccc78)c7ccccc67)c(-c6ccc7ccccc7c6)c5)cc34)c3ccccc23)c1. The monoisotopic (exact) mass is 1090 g/mol. The minimum absolute atomic E-state index is 0.862. The van der Waals surface area contributed by atoms with Crippen molar-refractivity contribution in [3.63, 3.8) is 0 Å². The van der Waals surface area contributed by atoms with Crippen molar-refractivity contribution in [1.29, 1.82) is 0 Å². The molecule has 2 heteroatoms. The van der Waals surface area contributed by atoms with E-state index in [0.29, 0.717) is 0 Å². The summed E-state index contributed by atoms with van der Waals surface area (Å²) in [6.45, 7) is 0. The zero-order chi connectivity index (χ0) is 56.4. The molecular formula is C84H50O2. The highest BCUT2D eigenvalue weighted by Crippen LogP contribution is 2.50. The fourth-order valence-electron chi connectivity index (χ4n) is 14.2. The van der Waals surface area contributed by atoms with Gasteiger partial charge in [-0.2, -0.15) is 0 Å². The summed E-state index contributed by atoms with van der Waals surface area (Å²) in [7, 11) is 0. The first kappa shape index (κ1) is 48.2. The number of hydrogen-bond acceptors (Lipinski definition) is 2. The van der Waals surface area contributed by atoms with Gasteiger partial charge in [0.15, 0.2) is 0 Å². The van der Waals surface area contributed by atoms with Gasteiger partial charge in [0.05, 0.1) is 0 Å². The van der Waals surface area contributed by atoms with Gasteiger partial charge >= 0.3 is 0 Å². The van der Waals surface area contributed by atoms with Crippen LogP contribution in [0.15, 0.2) is 312 Å². The Hall–Kier alpha value is -11.3. The van der Waals surface area contributed by atoms with Gasteiger partial charge in [-0.1, -0.05) is 237 Å². The van der Waals surface area contributed by atoms with Crippen molar-refractivity contribution in [1.82, 2.24) is 0 Å². The largest absolute Gasteiger partial charge is 0.456 e. The maximum absolute atomic E-state index is 6.87. The van der Waals surface area contributed by atoms with Gasteiger partial charge in [0.25, 0.3) is 0 Å². The lowest BCUT2D eigenvalue weighted by molar-refractivity contribution is 0.668. The van der Waals surface area contributed by atoms with Crippen LogP contribution in [0.3, 0.4) is 0 Å². The molecule has 0 amide bonds. The van der Waals surface area contributed by atoms with E-state index in [9.17, 15) is 0 Å². The van der Waals surface area contributed by atoms with E-state index in [4.69, 9.17) is 8.83 Å². The summed E-state index contributed by atoms with van der Waals surface area (Å²) in [6.07, 6.45) is 0. The first-order valence-electron chi connectivity index (χ1n) is 29.6. The topological polar surface area (TPSA) is 26.3 Å². The molecular weight excluding hydrogens is 1040 g/mol. The number of rotatable bonds is 7. The molecule has 0 aliphatic carbocycles. The van der Waals surface area contributed by atoms with Crippen LogP contribution in [0, 0.1) is 0 Å². The van der Waals surface area contributed by atoms with Crippen molar-refractivity contribution < 1.29 is 8.83 Å². The molecule has 0 aliphatic heterocycles. The minimum atomic E-state index is 0.862. The molecule has 2 aromatic heterocycles. The summed E-state index contributed by atoms with van der Waals surface area (Å²) in [5.41, 5.74) is 20.0. The van der Waals surface area contributed by atoms with Crippen LogP contribution in [-0.2, 0) is 0 Å². The molecule has 2 nitrogen and oxygen atoms in total. The van der Waals surface area contributed by atoms with E-state index in [1.165, 1.54) is 115 Å². The van der Waals surface area contributed by atoms with Gasteiger partial charge in [0.1, 0.15) is 22.3 Å². The van der Waals surface area contributed by atoms with Crippen molar-refractivity contribution >= 4 is 109 Å². The van der Waals surface area contributed by atoms with Gasteiger partial charge < -0.3 is 8.83 Å². The van der Waals surface area contributed by atoms with Crippen molar-refractivity contribution in [3.05, 3.63) is 303 Å². The molecule has 16 aromatic carbocycles. The molecule has 398 valence electrons. The van der Waals surface area contributed by atoms with Crippen molar-refractivity contribution in [2.45, 2.75) is 0 Å². The van der Waals surface area contributed by atoms with E-state index in [-0.39, 0.29) is 0 Å². The summed E-state index contributed by atoms with van der Waals surface area (Å²) in [6, 6.07) is 111. The third kappa shape index (κ3) is 7.60. The van der Waals surface area contributed by atoms with Crippen LogP contribution < -0.4 is 0 Å². The van der Waals surface area contributed by atoms with E-state index >= 15 is 0 Å². The molecule has 0 saturated carbocycles. The molecule has 0 saturated heterocycles. The highest BCUT2D eigenvalue weighted by Gasteiger charge is 2.23. The standard InChI is InChI=1S/C84H50O2/c1-3-18-53-44-56(34-32-51(53)16-1)55-20-15-21-60(46-55)81-66-23-5-7-25-68(66)82(69-26-8-6-24-67(69)81)62-38-41-65-76-48-58(39-43-78(76)86-80(65)50-62)57-36-42-74(75(47-57)59-35-33-52-17-2-4-19-54(52)45-59)84-72-29-11-9-27-70(72)83(71-28-10-12-30-73(71)84)61-37-40-64-63-22-13-14-31-77(63)85-79(64)49-61/h1-50H. The third-order valence-electron chi connectivity index (χ3n) is 18.2. The fraction of sp³-hybridized carbons (Fsp3) is 0. The van der Waals surface area contributed by atoms with E-state index in [1.807, 2.05) is 6.07 Å². The van der Waals surface area contributed by atoms with Crippen LogP contribution in [0.4, 0.5) is 0 Å². The quantitative estimate of drug-likeness (QED) is 0.149. The average molecular weight is 1090 g/mol. The van der Waals surface area contributed by atoms with Gasteiger partial charge in [-0.25, -0.2) is 0 Å². The zero-order valence-electron chi connectivity index (χ0n) is 46.7. The molecule has 2 heterocycles. The Bertz CT molecular complexity index is 5740. The van der Waals surface area contributed by atoms with Gasteiger partial charge in [-0.15, -0.1) is 0 Å². The second-order valence-corrected chi connectivity index (χ2v) is 23.0. The van der Waals surface area contributed by atoms with E-state index in [1.54, 1.807) is 0 Å². The summed E-state index contributed by atoms with van der Waals surface area (Å²) >= 11 is 0. The predicted octanol–water partition coefficient (Wildman–Crippen LogP) is 24.1. The van der Waals surface area contributed by atoms with Gasteiger partial charge in [0.2, 0.25) is 0 Å². The molecule has 0 spiro atoms. The highest BCUT2D eigenvalue weighted by molar-refractivity contribution is 6.25. The number of furan rings is 2. The van der Waals surface area contributed by atoms with Crippen LogP contribution >= 0.6 is 0 Å². The number of fused-ring (bicyclic) bond motifs is 12. The highest BCUT2D eigenvalue weighted by atomic mass is 16.3. The fourth-order valence-corrected chi connectivity index (χ4v) is 14.2. The maximum atomic E-state index is 6.87. The van der Waals surface area contributed by atoms with Crippen molar-refractivity contribution in [2.75, 3.05) is 0 Å². The Balaban J connectivity index is 0.771. The van der Waals surface area contributed by atoms with Crippen molar-refractivity contribution in [2.24, 2.45) is 0 Å². The van der Waals surface area contributed by atoms with Crippen LogP contribution in [0.5, 0.6) is 0 Å². The molecule has 0 atom stereocenters. The molecule has 18 aromatic rings. The third-order valence-corrected chi connectivity index (χ3v) is 18.2. The summed E-state index contributed by atoms with van der Waals surface area (Å²) in [5, 5.41) is 19.0. The Morgan fingerprint density at radius 2 is 0.512 bits per heavy atom. The molecule has 0 aliphatic rings. The Morgan fingerprint density at radius 1 is 0.151 bits per heavy atom. The Morgan fingerprint density at radius 3 is 1.08 bits per heavy atom. The second-order valence-electron chi connectivity index (χ2n) is 23.0. The molecule has 18 rings (SSSR count). The van der Waals surface area contributed by atoms with Crippen molar-refractivity contribution in [3.8, 4) is 77.9 Å². The smallest absolute Gasteiger partial charge is 0.136 e. The molecule has 0 N–H and O–H groups in total. The number of hydrogen-bond donors (Lipinski definition) is 0. The summed E-state index contributed by atoms with van der Waals surface area (Å²) in [5.74, 6) is 0. The average Bonchev–Trinajstić information content (AvgIpc) is 1.57. The Kier molecular flexibility index (Phi) is 10.7. The molecule has 0 unspecified atom stereocenters. The van der Waals surface area contributed by atoms with Gasteiger partial charge in [0, 0.05) is 21.5 Å². The minimum Gasteiger partial charge on any atom is -0.456 e. The maximum Gasteiger partial charge on any atom is 0.136 e. The molecule has 0 radical (unpaired) electrons. The predicted molar refractivity (Wildman–Crippen MR) is 364 cm³/mol. The van der Waals surface area contributed by atoms with Gasteiger partial charge in [-0.05, 0) is 209 Å². The Labute approximate surface area is 495 Å². The van der Waals surface area contributed by atoms with E-state index < -0.39 is 0 Å². The van der Waals surface area contributed by atoms with Crippen LogP contribution in [-0.4, -0.2) is 0 Å². The normalized spacial score (nSPS) is 12.0. The lowest BCUT2D eigenvalue weighted by atomic mass is 9.82. The van der Waals surface area contributed by atoms with Crippen LogP contribution in [0.25, 0.3) is 186 Å². The van der Waals surface area contributed by atoms with Crippen LogP contribution in [0.1, 0.15) is 0 Å². The zero-order valence-corrected chi connectivity index (χ0v) is 46.7. The summed E-state index contributed by atoms with van der Waals surface area (Å²) < 4.78 is 13.4. The van der Waals surface area contributed by atoms with E-state index in [0.717, 1.165) is 71.7 Å². The second kappa shape index (κ2) is 19.1. The molecule has 86 heavy (non-hydrogen) atoms.